The van der Waals surface area contributed by atoms with Gasteiger partial charge in [-0.3, -0.25) is 4.79 Å². The quantitative estimate of drug-likeness (QED) is 0.866. The molecule has 1 aromatic carbocycles. The Labute approximate surface area is 106 Å². The van der Waals surface area contributed by atoms with Crippen molar-refractivity contribution in [2.75, 3.05) is 18.0 Å². The van der Waals surface area contributed by atoms with E-state index in [1.54, 1.807) is 19.1 Å². The van der Waals surface area contributed by atoms with Crippen LogP contribution in [-0.2, 0) is 4.79 Å². The lowest BCUT2D eigenvalue weighted by atomic mass is 9.82. The summed E-state index contributed by atoms with van der Waals surface area (Å²) in [6, 6.07) is 9.37. The summed E-state index contributed by atoms with van der Waals surface area (Å²) in [5, 5.41) is 18.0. The average Bonchev–Trinajstić information content (AvgIpc) is 2.39. The Morgan fingerprint density at radius 1 is 1.44 bits per heavy atom. The maximum atomic E-state index is 11.3. The van der Waals surface area contributed by atoms with Gasteiger partial charge in [0, 0.05) is 18.8 Å². The van der Waals surface area contributed by atoms with Crippen LogP contribution in [0.5, 0.6) is 0 Å². The first-order chi connectivity index (χ1) is 8.55. The second-order valence-corrected chi connectivity index (χ2v) is 5.05. The molecule has 0 aliphatic carbocycles. The molecule has 0 bridgehead atoms. The largest absolute Gasteiger partial charge is 0.481 e. The van der Waals surface area contributed by atoms with Gasteiger partial charge in [0.1, 0.15) is 0 Å². The molecule has 1 unspecified atom stereocenters. The van der Waals surface area contributed by atoms with Crippen molar-refractivity contribution in [3.63, 3.8) is 0 Å². The zero-order chi connectivity index (χ0) is 13.2. The predicted octanol–water partition coefficient (Wildman–Crippen LogP) is 2.25. The van der Waals surface area contributed by atoms with Gasteiger partial charge in [-0.05, 0) is 44.0 Å². The minimum atomic E-state index is -0.735. The summed E-state index contributed by atoms with van der Waals surface area (Å²) in [7, 11) is 0. The molecule has 18 heavy (non-hydrogen) atoms. The minimum Gasteiger partial charge on any atom is -0.481 e. The lowest BCUT2D eigenvalue weighted by Crippen LogP contribution is -2.46. The lowest BCUT2D eigenvalue weighted by Gasteiger charge is -2.38. The fourth-order valence-electron chi connectivity index (χ4n) is 2.38. The second kappa shape index (κ2) is 4.69. The molecule has 4 nitrogen and oxygen atoms in total. The Bertz CT molecular complexity index is 490. The summed E-state index contributed by atoms with van der Waals surface area (Å²) in [6.07, 6.45) is 1.60. The number of nitriles is 1. The maximum Gasteiger partial charge on any atom is 0.311 e. The fourth-order valence-corrected chi connectivity index (χ4v) is 2.38. The molecule has 1 aliphatic heterocycles. The number of piperidine rings is 1. The number of rotatable bonds is 2. The van der Waals surface area contributed by atoms with Gasteiger partial charge >= 0.3 is 5.97 Å². The van der Waals surface area contributed by atoms with Crippen LogP contribution in [0.15, 0.2) is 24.3 Å². The molecular formula is C14H16N2O2. The van der Waals surface area contributed by atoms with Crippen molar-refractivity contribution in [1.82, 2.24) is 0 Å². The molecule has 0 aromatic heterocycles. The summed E-state index contributed by atoms with van der Waals surface area (Å²) < 4.78 is 0. The summed E-state index contributed by atoms with van der Waals surface area (Å²) >= 11 is 0. The molecule has 1 N–H and O–H groups in total. The van der Waals surface area contributed by atoms with Gasteiger partial charge in [0.15, 0.2) is 0 Å². The maximum absolute atomic E-state index is 11.3. The molecule has 1 atom stereocenters. The summed E-state index contributed by atoms with van der Waals surface area (Å²) in [5.74, 6) is -0.735. The van der Waals surface area contributed by atoms with E-state index in [4.69, 9.17) is 5.26 Å². The molecule has 4 heteroatoms. The van der Waals surface area contributed by atoms with Crippen molar-refractivity contribution in [2.45, 2.75) is 19.8 Å². The Morgan fingerprint density at radius 2 is 2.11 bits per heavy atom. The van der Waals surface area contributed by atoms with Crippen molar-refractivity contribution in [3.8, 4) is 6.07 Å². The van der Waals surface area contributed by atoms with Crippen LogP contribution in [-0.4, -0.2) is 24.2 Å². The van der Waals surface area contributed by atoms with Gasteiger partial charge < -0.3 is 10.0 Å². The molecule has 0 radical (unpaired) electrons. The van der Waals surface area contributed by atoms with Gasteiger partial charge in [-0.1, -0.05) is 0 Å². The van der Waals surface area contributed by atoms with Crippen molar-refractivity contribution in [3.05, 3.63) is 29.8 Å². The van der Waals surface area contributed by atoms with Crippen LogP contribution in [0, 0.1) is 16.7 Å². The highest BCUT2D eigenvalue weighted by Gasteiger charge is 2.37. The monoisotopic (exact) mass is 244 g/mol. The molecule has 1 heterocycles. The molecule has 1 aromatic rings. The number of carbonyl (C=O) groups is 1. The zero-order valence-electron chi connectivity index (χ0n) is 10.4. The number of carboxylic acids is 1. The third-order valence-electron chi connectivity index (χ3n) is 3.57. The first-order valence-electron chi connectivity index (χ1n) is 6.04. The van der Waals surface area contributed by atoms with Crippen molar-refractivity contribution in [2.24, 2.45) is 5.41 Å². The van der Waals surface area contributed by atoms with E-state index in [-0.39, 0.29) is 0 Å². The summed E-state index contributed by atoms with van der Waals surface area (Å²) in [4.78, 5) is 13.4. The van der Waals surface area contributed by atoms with Gasteiger partial charge in [0.05, 0.1) is 17.0 Å². The van der Waals surface area contributed by atoms with E-state index in [9.17, 15) is 9.90 Å². The van der Waals surface area contributed by atoms with E-state index in [1.165, 1.54) is 0 Å². The molecule has 0 spiro atoms. The van der Waals surface area contributed by atoms with E-state index in [2.05, 4.69) is 11.0 Å². The van der Waals surface area contributed by atoms with Crippen LogP contribution in [0.2, 0.25) is 0 Å². The second-order valence-electron chi connectivity index (χ2n) is 5.05. The highest BCUT2D eigenvalue weighted by molar-refractivity contribution is 5.75. The van der Waals surface area contributed by atoms with Crippen molar-refractivity contribution in [1.29, 1.82) is 5.26 Å². The molecule has 1 saturated heterocycles. The van der Waals surface area contributed by atoms with Crippen LogP contribution in [0.1, 0.15) is 25.3 Å². The third kappa shape index (κ3) is 2.30. The van der Waals surface area contributed by atoms with E-state index in [1.807, 2.05) is 12.1 Å². The van der Waals surface area contributed by atoms with Crippen LogP contribution >= 0.6 is 0 Å². The molecule has 0 amide bonds. The third-order valence-corrected chi connectivity index (χ3v) is 3.57. The number of hydrogen-bond acceptors (Lipinski definition) is 3. The number of anilines is 1. The molecular weight excluding hydrogens is 228 g/mol. The first-order valence-corrected chi connectivity index (χ1v) is 6.04. The molecule has 1 fully saturated rings. The van der Waals surface area contributed by atoms with Crippen LogP contribution in [0.3, 0.4) is 0 Å². The van der Waals surface area contributed by atoms with Gasteiger partial charge in [-0.25, -0.2) is 0 Å². The molecule has 2 rings (SSSR count). The average molecular weight is 244 g/mol. The Balaban J connectivity index is 2.18. The van der Waals surface area contributed by atoms with E-state index in [0.717, 1.165) is 25.1 Å². The number of aliphatic carboxylic acids is 1. The molecule has 0 saturated carbocycles. The lowest BCUT2D eigenvalue weighted by molar-refractivity contribution is -0.148. The van der Waals surface area contributed by atoms with Crippen molar-refractivity contribution < 1.29 is 9.90 Å². The standard InChI is InChI=1S/C14H16N2O2/c1-14(13(17)18)7-2-8-16(10-14)12-5-3-11(9-15)4-6-12/h3-6H,2,7-8,10H2,1H3,(H,17,18). The predicted molar refractivity (Wildman–Crippen MR) is 68.3 cm³/mol. The van der Waals surface area contributed by atoms with Gasteiger partial charge in [0.25, 0.3) is 0 Å². The smallest absolute Gasteiger partial charge is 0.311 e. The summed E-state index contributed by atoms with van der Waals surface area (Å²) in [6.45, 7) is 3.19. The molecule has 94 valence electrons. The Morgan fingerprint density at radius 3 is 2.67 bits per heavy atom. The van der Waals surface area contributed by atoms with Gasteiger partial charge in [0.2, 0.25) is 0 Å². The van der Waals surface area contributed by atoms with E-state index < -0.39 is 11.4 Å². The first kappa shape index (κ1) is 12.4. The van der Waals surface area contributed by atoms with Crippen LogP contribution in [0.25, 0.3) is 0 Å². The number of hydrogen-bond donors (Lipinski definition) is 1. The molecule has 1 aliphatic rings. The van der Waals surface area contributed by atoms with Crippen LogP contribution < -0.4 is 4.90 Å². The summed E-state index contributed by atoms with van der Waals surface area (Å²) in [5.41, 5.74) is 0.935. The Kier molecular flexibility index (Phi) is 3.24. The highest BCUT2D eigenvalue weighted by atomic mass is 16.4. The number of nitrogens with zero attached hydrogens (tertiary/aromatic N) is 2. The van der Waals surface area contributed by atoms with Crippen molar-refractivity contribution >= 4 is 11.7 Å². The number of benzene rings is 1. The fraction of sp³-hybridized carbons (Fsp3) is 0.429. The zero-order valence-corrected chi connectivity index (χ0v) is 10.4. The topological polar surface area (TPSA) is 64.3 Å². The van der Waals surface area contributed by atoms with Gasteiger partial charge in [-0.15, -0.1) is 0 Å². The van der Waals surface area contributed by atoms with Gasteiger partial charge in [-0.2, -0.15) is 5.26 Å². The SMILES string of the molecule is CC1(C(=O)O)CCCN(c2ccc(C#N)cc2)C1. The highest BCUT2D eigenvalue weighted by Crippen LogP contribution is 2.32. The van der Waals surface area contributed by atoms with Crippen LogP contribution in [0.4, 0.5) is 5.69 Å². The normalized spacial score (nSPS) is 23.4. The van der Waals surface area contributed by atoms with E-state index >= 15 is 0 Å². The minimum absolute atomic E-state index is 0.522. The number of carboxylic acid groups (broad SMARTS) is 1. The van der Waals surface area contributed by atoms with E-state index in [0.29, 0.717) is 12.1 Å². The Hall–Kier alpha value is -2.02.